The molecule has 0 radical (unpaired) electrons. The maximum Gasteiger partial charge on any atom is 0.0366 e. The van der Waals surface area contributed by atoms with E-state index in [0.29, 0.717) is 5.92 Å². The maximum atomic E-state index is 2.51. The minimum Gasteiger partial charge on any atom is -0.371 e. The zero-order valence-corrected chi connectivity index (χ0v) is 19.2. The Morgan fingerprint density at radius 3 is 1.82 bits per heavy atom. The van der Waals surface area contributed by atoms with Crippen molar-refractivity contribution in [2.45, 2.75) is 73.1 Å². The predicted molar refractivity (Wildman–Crippen MR) is 128 cm³/mol. The van der Waals surface area contributed by atoms with E-state index >= 15 is 0 Å². The van der Waals surface area contributed by atoms with E-state index in [2.05, 4.69) is 93.3 Å². The molecule has 0 aromatic heterocycles. The van der Waals surface area contributed by atoms with E-state index < -0.39 is 0 Å². The zero-order chi connectivity index (χ0) is 20.9. The summed E-state index contributed by atoms with van der Waals surface area (Å²) in [6, 6.07) is 20.1. The number of allylic oxidation sites excluding steroid dienone is 2. The summed E-state index contributed by atoms with van der Waals surface area (Å²) in [5.74, 6) is 1.35. The van der Waals surface area contributed by atoms with Gasteiger partial charge < -0.3 is 4.90 Å². The van der Waals surface area contributed by atoms with Crippen LogP contribution in [0.3, 0.4) is 0 Å². The molecule has 0 saturated carbocycles. The Labute approximate surface area is 174 Å². The summed E-state index contributed by atoms with van der Waals surface area (Å²) in [6.45, 7) is 17.1. The third kappa shape index (κ3) is 7.92. The number of nitrogens with zero attached hydrogens (tertiary/aromatic N) is 1. The molecule has 0 unspecified atom stereocenters. The molecule has 1 aliphatic rings. The fourth-order valence-electron chi connectivity index (χ4n) is 3.26. The Morgan fingerprint density at radius 1 is 0.893 bits per heavy atom. The van der Waals surface area contributed by atoms with Crippen LogP contribution in [0.1, 0.15) is 84.3 Å². The van der Waals surface area contributed by atoms with Gasteiger partial charge in [0.15, 0.2) is 0 Å². The molecule has 154 valence electrons. The van der Waals surface area contributed by atoms with Gasteiger partial charge in [0.25, 0.3) is 0 Å². The molecular weight excluding hydrogens is 338 g/mol. The monoisotopic (exact) mass is 379 g/mol. The Morgan fingerprint density at radius 2 is 1.39 bits per heavy atom. The van der Waals surface area contributed by atoms with Crippen molar-refractivity contribution in [3.05, 3.63) is 77.4 Å². The Balaban J connectivity index is 0.000000490. The van der Waals surface area contributed by atoms with Crippen molar-refractivity contribution in [3.63, 3.8) is 0 Å². The van der Waals surface area contributed by atoms with E-state index in [9.17, 15) is 0 Å². The van der Waals surface area contributed by atoms with Crippen molar-refractivity contribution in [1.29, 1.82) is 0 Å². The average molecular weight is 380 g/mol. The Hall–Kier alpha value is -2.02. The van der Waals surface area contributed by atoms with Gasteiger partial charge in [0.05, 0.1) is 0 Å². The summed E-state index contributed by atoms with van der Waals surface area (Å²) >= 11 is 0. The third-order valence-corrected chi connectivity index (χ3v) is 5.27. The minimum absolute atomic E-state index is 0.624. The van der Waals surface area contributed by atoms with Crippen LogP contribution in [0.15, 0.2) is 66.2 Å². The van der Waals surface area contributed by atoms with Gasteiger partial charge in [-0.2, -0.15) is 0 Å². The predicted octanol–water partition coefficient (Wildman–Crippen LogP) is 8.19. The minimum atomic E-state index is 0.624. The van der Waals surface area contributed by atoms with Crippen molar-refractivity contribution < 1.29 is 0 Å². The summed E-state index contributed by atoms with van der Waals surface area (Å²) < 4.78 is 0. The van der Waals surface area contributed by atoms with Gasteiger partial charge in [-0.25, -0.2) is 0 Å². The van der Waals surface area contributed by atoms with Crippen LogP contribution in [0.5, 0.6) is 0 Å². The molecule has 28 heavy (non-hydrogen) atoms. The van der Waals surface area contributed by atoms with Crippen molar-refractivity contribution in [1.82, 2.24) is 0 Å². The molecule has 2 aromatic carbocycles. The molecule has 0 aliphatic carbocycles. The molecule has 0 atom stereocenters. The fourth-order valence-corrected chi connectivity index (χ4v) is 3.26. The quantitative estimate of drug-likeness (QED) is 0.486. The van der Waals surface area contributed by atoms with Gasteiger partial charge >= 0.3 is 0 Å². The Bertz CT molecular complexity index is 655. The van der Waals surface area contributed by atoms with Crippen molar-refractivity contribution in [2.24, 2.45) is 0 Å². The lowest BCUT2D eigenvalue weighted by molar-refractivity contribution is 0.505. The molecular formula is C27H41N. The van der Waals surface area contributed by atoms with Gasteiger partial charge in [0, 0.05) is 18.8 Å². The van der Waals surface area contributed by atoms with Gasteiger partial charge in [0.1, 0.15) is 0 Å². The lowest BCUT2D eigenvalue weighted by Gasteiger charge is -2.34. The van der Waals surface area contributed by atoms with Crippen LogP contribution >= 0.6 is 0 Å². The number of benzene rings is 2. The first-order valence-electron chi connectivity index (χ1n) is 11.0. The number of anilines is 1. The number of para-hydroxylation sites is 1. The van der Waals surface area contributed by atoms with Crippen LogP contribution in [0.4, 0.5) is 5.69 Å². The highest BCUT2D eigenvalue weighted by atomic mass is 15.1. The van der Waals surface area contributed by atoms with Gasteiger partial charge in [-0.3, -0.25) is 0 Å². The molecule has 0 amide bonds. The second-order valence-corrected chi connectivity index (χ2v) is 7.78. The van der Waals surface area contributed by atoms with Gasteiger partial charge in [0.2, 0.25) is 0 Å². The normalized spacial score (nSPS) is 13.8. The summed E-state index contributed by atoms with van der Waals surface area (Å²) in [5.41, 5.74) is 5.71. The summed E-state index contributed by atoms with van der Waals surface area (Å²) in [6.07, 6.45) is 4.60. The number of hydrogen-bond donors (Lipinski definition) is 0. The molecule has 3 rings (SSSR count). The standard InChI is InChI=1S/C20H25N.C5H10.C2H6/c1-16(2)17-8-10-18(11-9-17)19-12-14-21(15-13-19)20-6-4-3-5-7-20;1-4-5(2)3;1-2/h3-11,16,19H,12-15H2,1-2H3;4H,1-3H3;1-2H3. The van der Waals surface area contributed by atoms with Crippen LogP contribution in [-0.4, -0.2) is 13.1 Å². The Kier molecular flexibility index (Phi) is 11.3. The third-order valence-electron chi connectivity index (χ3n) is 5.27. The largest absolute Gasteiger partial charge is 0.371 e. The lowest BCUT2D eigenvalue weighted by atomic mass is 9.88. The van der Waals surface area contributed by atoms with Crippen molar-refractivity contribution in [2.75, 3.05) is 18.0 Å². The first-order valence-corrected chi connectivity index (χ1v) is 11.0. The van der Waals surface area contributed by atoms with E-state index in [1.165, 1.54) is 48.3 Å². The summed E-state index contributed by atoms with van der Waals surface area (Å²) in [7, 11) is 0. The molecule has 0 N–H and O–H groups in total. The van der Waals surface area contributed by atoms with E-state index in [0.717, 1.165) is 5.92 Å². The first-order chi connectivity index (χ1) is 13.5. The molecule has 1 heterocycles. The SMILES string of the molecule is CC.CC(C)c1ccc(C2CCN(c3ccccc3)CC2)cc1.CC=C(C)C. The highest BCUT2D eigenvalue weighted by Crippen LogP contribution is 2.31. The second-order valence-electron chi connectivity index (χ2n) is 7.78. The molecule has 1 saturated heterocycles. The molecule has 0 spiro atoms. The maximum absolute atomic E-state index is 2.51. The molecule has 1 heteroatoms. The summed E-state index contributed by atoms with van der Waals surface area (Å²) in [5, 5.41) is 0. The van der Waals surface area contributed by atoms with E-state index in [4.69, 9.17) is 0 Å². The molecule has 0 bridgehead atoms. The van der Waals surface area contributed by atoms with E-state index in [1.807, 2.05) is 20.8 Å². The van der Waals surface area contributed by atoms with Gasteiger partial charge in [-0.15, -0.1) is 0 Å². The molecule has 1 nitrogen and oxygen atoms in total. The first kappa shape index (κ1) is 24.0. The highest BCUT2D eigenvalue weighted by Gasteiger charge is 2.20. The van der Waals surface area contributed by atoms with Gasteiger partial charge in [-0.05, 0) is 68.7 Å². The van der Waals surface area contributed by atoms with Crippen molar-refractivity contribution in [3.8, 4) is 0 Å². The number of rotatable bonds is 3. The van der Waals surface area contributed by atoms with Crippen molar-refractivity contribution >= 4 is 5.69 Å². The second kappa shape index (κ2) is 13.2. The van der Waals surface area contributed by atoms with Crippen LogP contribution < -0.4 is 4.90 Å². The summed E-state index contributed by atoms with van der Waals surface area (Å²) in [4.78, 5) is 2.51. The molecule has 1 aliphatic heterocycles. The van der Waals surface area contributed by atoms with Crippen LogP contribution in [0.25, 0.3) is 0 Å². The average Bonchev–Trinajstić information content (AvgIpc) is 2.76. The van der Waals surface area contributed by atoms with Crippen LogP contribution in [-0.2, 0) is 0 Å². The highest BCUT2D eigenvalue weighted by molar-refractivity contribution is 5.46. The smallest absolute Gasteiger partial charge is 0.0366 e. The van der Waals surface area contributed by atoms with Crippen LogP contribution in [0.2, 0.25) is 0 Å². The lowest BCUT2D eigenvalue weighted by Crippen LogP contribution is -2.32. The number of piperidine rings is 1. The van der Waals surface area contributed by atoms with Crippen LogP contribution in [0, 0.1) is 0 Å². The topological polar surface area (TPSA) is 3.24 Å². The molecule has 2 aromatic rings. The zero-order valence-electron chi connectivity index (χ0n) is 19.2. The molecule has 1 fully saturated rings. The number of hydrogen-bond acceptors (Lipinski definition) is 1. The fraction of sp³-hybridized carbons (Fsp3) is 0.481. The van der Waals surface area contributed by atoms with E-state index in [-0.39, 0.29) is 0 Å². The van der Waals surface area contributed by atoms with E-state index in [1.54, 1.807) is 0 Å². The van der Waals surface area contributed by atoms with Gasteiger partial charge in [-0.1, -0.05) is 81.8 Å².